The number of carbonyl (C=O) groups excluding carboxylic acids is 1. The molecule has 0 aromatic rings. The Bertz CT molecular complexity index is 266. The topological polar surface area (TPSA) is 29.1 Å². The SMILES string of the molecule is CCCC(=O)NC1=CC(C)(C)CC(C)C1. The molecule has 1 aliphatic carbocycles. The summed E-state index contributed by atoms with van der Waals surface area (Å²) in [5.74, 6) is 0.829. The van der Waals surface area contributed by atoms with Crippen molar-refractivity contribution in [1.82, 2.24) is 5.32 Å². The molecule has 0 aromatic heterocycles. The third-order valence-corrected chi connectivity index (χ3v) is 2.78. The van der Waals surface area contributed by atoms with Gasteiger partial charge >= 0.3 is 0 Å². The van der Waals surface area contributed by atoms with Crippen molar-refractivity contribution in [1.29, 1.82) is 0 Å². The maximum Gasteiger partial charge on any atom is 0.224 e. The number of nitrogens with one attached hydrogen (secondary N) is 1. The summed E-state index contributed by atoms with van der Waals surface area (Å²) in [7, 11) is 0. The minimum atomic E-state index is 0.161. The number of allylic oxidation sites excluding steroid dienone is 2. The monoisotopic (exact) mass is 209 g/mol. The van der Waals surface area contributed by atoms with E-state index in [9.17, 15) is 4.79 Å². The summed E-state index contributed by atoms with van der Waals surface area (Å²) >= 11 is 0. The normalized spacial score (nSPS) is 24.5. The first-order chi connectivity index (χ1) is 6.93. The van der Waals surface area contributed by atoms with Crippen LogP contribution in [-0.4, -0.2) is 5.91 Å². The fourth-order valence-electron chi connectivity index (χ4n) is 2.49. The predicted octanol–water partition coefficient (Wildman–Crippen LogP) is 3.24. The van der Waals surface area contributed by atoms with Crippen LogP contribution in [0.3, 0.4) is 0 Å². The fourth-order valence-corrected chi connectivity index (χ4v) is 2.49. The number of hydrogen-bond donors (Lipinski definition) is 1. The summed E-state index contributed by atoms with van der Waals surface area (Å²) in [6.07, 6.45) is 5.99. The largest absolute Gasteiger partial charge is 0.330 e. The van der Waals surface area contributed by atoms with Crippen molar-refractivity contribution in [2.24, 2.45) is 11.3 Å². The lowest BCUT2D eigenvalue weighted by Gasteiger charge is -2.32. The Labute approximate surface area is 93.1 Å². The zero-order valence-corrected chi connectivity index (χ0v) is 10.4. The number of carbonyl (C=O) groups is 1. The molecule has 2 heteroatoms. The molecule has 1 amide bonds. The molecule has 0 saturated heterocycles. The van der Waals surface area contributed by atoms with Crippen molar-refractivity contribution in [3.05, 3.63) is 11.8 Å². The molecule has 0 aromatic carbocycles. The molecule has 0 fully saturated rings. The first-order valence-electron chi connectivity index (χ1n) is 5.94. The summed E-state index contributed by atoms with van der Waals surface area (Å²) in [5, 5.41) is 3.03. The van der Waals surface area contributed by atoms with Crippen LogP contribution in [0.5, 0.6) is 0 Å². The van der Waals surface area contributed by atoms with E-state index in [1.165, 1.54) is 6.42 Å². The quantitative estimate of drug-likeness (QED) is 0.759. The van der Waals surface area contributed by atoms with Gasteiger partial charge in [0, 0.05) is 12.1 Å². The van der Waals surface area contributed by atoms with Gasteiger partial charge in [0.1, 0.15) is 0 Å². The number of amides is 1. The molecular weight excluding hydrogens is 186 g/mol. The van der Waals surface area contributed by atoms with Crippen LogP contribution in [0.1, 0.15) is 53.4 Å². The maximum absolute atomic E-state index is 11.5. The molecular formula is C13H23NO. The van der Waals surface area contributed by atoms with Crippen molar-refractivity contribution in [3.8, 4) is 0 Å². The van der Waals surface area contributed by atoms with Crippen molar-refractivity contribution >= 4 is 5.91 Å². The van der Waals surface area contributed by atoms with Gasteiger partial charge in [0.25, 0.3) is 0 Å². The summed E-state index contributed by atoms with van der Waals surface area (Å²) in [6.45, 7) is 8.74. The van der Waals surface area contributed by atoms with E-state index in [4.69, 9.17) is 0 Å². The van der Waals surface area contributed by atoms with Crippen LogP contribution in [0.15, 0.2) is 11.8 Å². The van der Waals surface area contributed by atoms with Gasteiger partial charge in [-0.3, -0.25) is 4.79 Å². The van der Waals surface area contributed by atoms with Crippen LogP contribution in [0, 0.1) is 11.3 Å². The summed E-state index contributed by atoms with van der Waals surface area (Å²) in [6, 6.07) is 0. The Morgan fingerprint density at radius 3 is 2.80 bits per heavy atom. The van der Waals surface area contributed by atoms with E-state index in [1.807, 2.05) is 6.92 Å². The van der Waals surface area contributed by atoms with Gasteiger partial charge in [-0.25, -0.2) is 0 Å². The smallest absolute Gasteiger partial charge is 0.224 e. The van der Waals surface area contributed by atoms with Crippen molar-refractivity contribution in [2.45, 2.75) is 53.4 Å². The van der Waals surface area contributed by atoms with E-state index < -0.39 is 0 Å². The Balaban J connectivity index is 2.61. The van der Waals surface area contributed by atoms with Gasteiger partial charge in [-0.2, -0.15) is 0 Å². The predicted molar refractivity (Wildman–Crippen MR) is 63.3 cm³/mol. The van der Waals surface area contributed by atoms with E-state index in [-0.39, 0.29) is 11.3 Å². The van der Waals surface area contributed by atoms with Gasteiger partial charge in [0.05, 0.1) is 0 Å². The van der Waals surface area contributed by atoms with Crippen LogP contribution in [-0.2, 0) is 4.79 Å². The van der Waals surface area contributed by atoms with Crippen molar-refractivity contribution in [2.75, 3.05) is 0 Å². The van der Waals surface area contributed by atoms with Gasteiger partial charge in [0.15, 0.2) is 0 Å². The van der Waals surface area contributed by atoms with Gasteiger partial charge in [0.2, 0.25) is 5.91 Å². The number of hydrogen-bond acceptors (Lipinski definition) is 1. The van der Waals surface area contributed by atoms with E-state index in [0.29, 0.717) is 12.3 Å². The standard InChI is InChI=1S/C13H23NO/c1-5-6-12(15)14-11-7-10(2)8-13(3,4)9-11/h9-10H,5-8H2,1-4H3,(H,14,15). The highest BCUT2D eigenvalue weighted by molar-refractivity contribution is 5.77. The third kappa shape index (κ3) is 4.06. The zero-order chi connectivity index (χ0) is 11.5. The van der Waals surface area contributed by atoms with Crippen LogP contribution >= 0.6 is 0 Å². The first-order valence-corrected chi connectivity index (χ1v) is 5.94. The molecule has 15 heavy (non-hydrogen) atoms. The summed E-state index contributed by atoms with van der Waals surface area (Å²) in [4.78, 5) is 11.5. The average molecular weight is 209 g/mol. The van der Waals surface area contributed by atoms with Crippen molar-refractivity contribution in [3.63, 3.8) is 0 Å². The molecule has 1 N–H and O–H groups in total. The third-order valence-electron chi connectivity index (χ3n) is 2.78. The Morgan fingerprint density at radius 1 is 1.60 bits per heavy atom. The van der Waals surface area contributed by atoms with Crippen LogP contribution in [0.4, 0.5) is 0 Å². The molecule has 2 nitrogen and oxygen atoms in total. The maximum atomic E-state index is 11.5. The molecule has 1 atom stereocenters. The first kappa shape index (κ1) is 12.3. The molecule has 1 rings (SSSR count). The van der Waals surface area contributed by atoms with Crippen LogP contribution in [0.2, 0.25) is 0 Å². The molecule has 0 aliphatic heterocycles. The second-order valence-electron chi connectivity index (χ2n) is 5.47. The average Bonchev–Trinajstić information content (AvgIpc) is 1.99. The second-order valence-corrected chi connectivity index (χ2v) is 5.47. The molecule has 1 aliphatic rings. The van der Waals surface area contributed by atoms with E-state index in [1.54, 1.807) is 0 Å². The van der Waals surface area contributed by atoms with Gasteiger partial charge < -0.3 is 5.32 Å². The van der Waals surface area contributed by atoms with Gasteiger partial charge in [-0.05, 0) is 30.6 Å². The molecule has 1 unspecified atom stereocenters. The highest BCUT2D eigenvalue weighted by Gasteiger charge is 2.25. The minimum absolute atomic E-state index is 0.161. The van der Waals surface area contributed by atoms with E-state index in [0.717, 1.165) is 18.5 Å². The molecule has 86 valence electrons. The highest BCUT2D eigenvalue weighted by Crippen LogP contribution is 2.35. The van der Waals surface area contributed by atoms with E-state index >= 15 is 0 Å². The van der Waals surface area contributed by atoms with E-state index in [2.05, 4.69) is 32.2 Å². The fraction of sp³-hybridized carbons (Fsp3) is 0.769. The molecule has 0 radical (unpaired) electrons. The van der Waals surface area contributed by atoms with Crippen LogP contribution < -0.4 is 5.32 Å². The van der Waals surface area contributed by atoms with Crippen LogP contribution in [0.25, 0.3) is 0 Å². The van der Waals surface area contributed by atoms with Gasteiger partial charge in [-0.15, -0.1) is 0 Å². The lowest BCUT2D eigenvalue weighted by molar-refractivity contribution is -0.120. The number of rotatable bonds is 3. The highest BCUT2D eigenvalue weighted by atomic mass is 16.1. The zero-order valence-electron chi connectivity index (χ0n) is 10.4. The Kier molecular flexibility index (Phi) is 3.95. The van der Waals surface area contributed by atoms with Gasteiger partial charge in [-0.1, -0.05) is 33.8 Å². The Morgan fingerprint density at radius 2 is 2.27 bits per heavy atom. The second kappa shape index (κ2) is 4.82. The lowest BCUT2D eigenvalue weighted by Crippen LogP contribution is -2.29. The molecule has 0 spiro atoms. The summed E-state index contributed by atoms with van der Waals surface area (Å²) < 4.78 is 0. The summed E-state index contributed by atoms with van der Waals surface area (Å²) in [5.41, 5.74) is 1.35. The minimum Gasteiger partial charge on any atom is -0.330 e. The molecule has 0 saturated carbocycles. The van der Waals surface area contributed by atoms with Crippen molar-refractivity contribution < 1.29 is 4.79 Å². The molecule has 0 bridgehead atoms. The molecule has 0 heterocycles. The Hall–Kier alpha value is -0.790. The lowest BCUT2D eigenvalue weighted by atomic mass is 9.76.